The molecule has 0 bridgehead atoms. The highest BCUT2D eigenvalue weighted by Crippen LogP contribution is 2.22. The van der Waals surface area contributed by atoms with Crippen molar-refractivity contribution in [1.82, 2.24) is 4.98 Å². The van der Waals surface area contributed by atoms with E-state index in [2.05, 4.69) is 4.98 Å². The normalized spacial score (nSPS) is 10.3. The lowest BCUT2D eigenvalue weighted by atomic mass is 10.2. The Morgan fingerprint density at radius 2 is 2.00 bits per heavy atom. The van der Waals surface area contributed by atoms with Crippen molar-refractivity contribution in [2.24, 2.45) is 5.73 Å². The van der Waals surface area contributed by atoms with Crippen LogP contribution in [0.25, 0.3) is 0 Å². The van der Waals surface area contributed by atoms with Crippen molar-refractivity contribution in [3.8, 4) is 0 Å². The lowest BCUT2D eigenvalue weighted by Crippen LogP contribution is -2.23. The second-order valence-corrected chi connectivity index (χ2v) is 5.48. The minimum absolute atomic E-state index is 0.346. The van der Waals surface area contributed by atoms with Gasteiger partial charge in [0.05, 0.1) is 5.56 Å². The molecule has 2 rings (SSSR count). The Morgan fingerprint density at radius 1 is 1.30 bits per heavy atom. The zero-order chi connectivity index (χ0) is 14.7. The fourth-order valence-corrected chi connectivity index (χ4v) is 2.34. The maximum absolute atomic E-state index is 6.19. The van der Waals surface area contributed by atoms with Gasteiger partial charge in [0.25, 0.3) is 0 Å². The van der Waals surface area contributed by atoms with Crippen LogP contribution in [0.5, 0.6) is 0 Å². The van der Waals surface area contributed by atoms with Crippen LogP contribution in [0.1, 0.15) is 16.8 Å². The van der Waals surface area contributed by atoms with Crippen LogP contribution in [0.15, 0.2) is 36.4 Å². The monoisotopic (exact) mass is 305 g/mol. The van der Waals surface area contributed by atoms with Crippen LogP contribution in [0.3, 0.4) is 0 Å². The van der Waals surface area contributed by atoms with E-state index in [0.717, 1.165) is 27.7 Å². The minimum atomic E-state index is 0.346. The van der Waals surface area contributed by atoms with Gasteiger partial charge in [-0.25, -0.2) is 4.98 Å². The lowest BCUT2D eigenvalue weighted by Gasteiger charge is -2.22. The molecule has 0 aliphatic carbocycles. The van der Waals surface area contributed by atoms with Crippen molar-refractivity contribution in [1.29, 1.82) is 0 Å². The summed E-state index contributed by atoms with van der Waals surface area (Å²) >= 11 is 11.3. The van der Waals surface area contributed by atoms with E-state index in [0.29, 0.717) is 11.5 Å². The molecule has 1 aromatic carbocycles. The van der Waals surface area contributed by atoms with E-state index in [9.17, 15) is 0 Å². The van der Waals surface area contributed by atoms with Gasteiger partial charge < -0.3 is 10.6 Å². The molecule has 0 saturated heterocycles. The molecule has 0 spiro atoms. The predicted octanol–water partition coefficient (Wildman–Crippen LogP) is 3.31. The van der Waals surface area contributed by atoms with Gasteiger partial charge in [-0.15, -0.1) is 0 Å². The van der Waals surface area contributed by atoms with E-state index >= 15 is 0 Å². The number of hydrogen-bond acceptors (Lipinski definition) is 3. The van der Waals surface area contributed by atoms with Crippen LogP contribution < -0.4 is 10.6 Å². The largest absolute Gasteiger partial charge is 0.389 e. The number of anilines is 1. The molecule has 0 fully saturated rings. The van der Waals surface area contributed by atoms with Crippen LogP contribution in [0.4, 0.5) is 5.82 Å². The molecule has 0 amide bonds. The molecule has 0 aliphatic heterocycles. The van der Waals surface area contributed by atoms with Crippen molar-refractivity contribution in [3.63, 3.8) is 0 Å². The summed E-state index contributed by atoms with van der Waals surface area (Å²) in [5.74, 6) is 0.775. The molecule has 0 atom stereocenters. The first-order valence-corrected chi connectivity index (χ1v) is 6.99. The number of nitrogens with two attached hydrogens (primary N) is 1. The van der Waals surface area contributed by atoms with Crippen molar-refractivity contribution in [2.45, 2.75) is 13.5 Å². The van der Waals surface area contributed by atoms with Gasteiger partial charge in [0, 0.05) is 24.3 Å². The minimum Gasteiger partial charge on any atom is -0.389 e. The van der Waals surface area contributed by atoms with Gasteiger partial charge in [0.15, 0.2) is 0 Å². The van der Waals surface area contributed by atoms with Crippen LogP contribution in [-0.4, -0.2) is 17.0 Å². The maximum atomic E-state index is 6.19. The third kappa shape index (κ3) is 3.26. The number of aromatic nitrogens is 1. The summed E-state index contributed by atoms with van der Waals surface area (Å²) in [6.07, 6.45) is 0. The fourth-order valence-electron chi connectivity index (χ4n) is 1.98. The van der Waals surface area contributed by atoms with E-state index < -0.39 is 0 Å². The Morgan fingerprint density at radius 3 is 2.65 bits per heavy atom. The summed E-state index contributed by atoms with van der Waals surface area (Å²) in [6, 6.07) is 11.6. The topological polar surface area (TPSA) is 42.1 Å². The van der Waals surface area contributed by atoms with Gasteiger partial charge in [0.2, 0.25) is 0 Å². The second-order valence-electron chi connectivity index (χ2n) is 4.64. The molecule has 0 aliphatic rings. The molecule has 2 N–H and O–H groups in total. The fraction of sp³-hybridized carbons (Fsp3) is 0.200. The highest BCUT2D eigenvalue weighted by atomic mass is 35.5. The van der Waals surface area contributed by atoms with Crippen LogP contribution in [0.2, 0.25) is 5.02 Å². The van der Waals surface area contributed by atoms with Crippen molar-refractivity contribution < 1.29 is 0 Å². The first-order chi connectivity index (χ1) is 9.49. The van der Waals surface area contributed by atoms with Crippen molar-refractivity contribution in [3.05, 3.63) is 58.2 Å². The number of thiocarbonyl (C=S) groups is 1. The molecule has 1 heterocycles. The summed E-state index contributed by atoms with van der Waals surface area (Å²) in [6.45, 7) is 2.59. The van der Waals surface area contributed by atoms with E-state index in [1.807, 2.05) is 55.3 Å². The third-order valence-electron chi connectivity index (χ3n) is 3.01. The molecule has 0 radical (unpaired) electrons. The van der Waals surface area contributed by atoms with Crippen molar-refractivity contribution >= 4 is 34.6 Å². The summed E-state index contributed by atoms with van der Waals surface area (Å²) in [5, 5.41) is 0.740. The number of aryl methyl sites for hydroxylation is 1. The maximum Gasteiger partial charge on any atom is 0.139 e. The lowest BCUT2D eigenvalue weighted by molar-refractivity contribution is 0.891. The summed E-state index contributed by atoms with van der Waals surface area (Å²) in [7, 11) is 1.95. The third-order valence-corrected chi connectivity index (χ3v) is 3.60. The number of halogens is 1. The predicted molar refractivity (Wildman–Crippen MR) is 88.4 cm³/mol. The summed E-state index contributed by atoms with van der Waals surface area (Å²) < 4.78 is 0. The van der Waals surface area contributed by atoms with Gasteiger partial charge in [-0.1, -0.05) is 42.0 Å². The van der Waals surface area contributed by atoms with Gasteiger partial charge in [-0.3, -0.25) is 0 Å². The highest BCUT2D eigenvalue weighted by molar-refractivity contribution is 7.80. The quantitative estimate of drug-likeness (QED) is 0.880. The van der Waals surface area contributed by atoms with Crippen LogP contribution in [0, 0.1) is 6.92 Å². The Kier molecular flexibility index (Phi) is 4.57. The Labute approximate surface area is 129 Å². The molecule has 0 unspecified atom stereocenters. The average molecular weight is 306 g/mol. The van der Waals surface area contributed by atoms with Crippen molar-refractivity contribution in [2.75, 3.05) is 11.9 Å². The Balaban J connectivity index is 2.34. The molecular weight excluding hydrogens is 290 g/mol. The van der Waals surface area contributed by atoms with Gasteiger partial charge in [0.1, 0.15) is 10.8 Å². The Bertz CT molecular complexity index is 643. The van der Waals surface area contributed by atoms with Crippen LogP contribution >= 0.6 is 23.8 Å². The molecule has 104 valence electrons. The van der Waals surface area contributed by atoms with Gasteiger partial charge in [-0.2, -0.15) is 0 Å². The number of hydrogen-bond donors (Lipinski definition) is 1. The molecule has 20 heavy (non-hydrogen) atoms. The summed E-state index contributed by atoms with van der Waals surface area (Å²) in [5.41, 5.74) is 8.50. The molecule has 0 saturated carbocycles. The summed E-state index contributed by atoms with van der Waals surface area (Å²) in [4.78, 5) is 6.88. The van der Waals surface area contributed by atoms with E-state index in [-0.39, 0.29) is 0 Å². The van der Waals surface area contributed by atoms with Gasteiger partial charge in [-0.05, 0) is 30.7 Å². The number of benzene rings is 1. The van der Waals surface area contributed by atoms with E-state index in [1.165, 1.54) is 0 Å². The van der Waals surface area contributed by atoms with E-state index in [1.54, 1.807) is 0 Å². The first-order valence-electron chi connectivity index (χ1n) is 6.21. The average Bonchev–Trinajstić information content (AvgIpc) is 2.40. The Hall–Kier alpha value is -1.65. The van der Waals surface area contributed by atoms with E-state index in [4.69, 9.17) is 29.6 Å². The number of pyridine rings is 1. The molecule has 2 aromatic rings. The molecule has 5 heteroatoms. The van der Waals surface area contributed by atoms with Gasteiger partial charge >= 0.3 is 0 Å². The smallest absolute Gasteiger partial charge is 0.139 e. The first kappa shape index (κ1) is 14.8. The van der Waals surface area contributed by atoms with Crippen LogP contribution in [-0.2, 0) is 6.54 Å². The SMILES string of the molecule is Cc1ccc(C(N)=S)c(N(C)Cc2ccccc2Cl)n1. The standard InChI is InChI=1S/C15H16ClN3S/c1-10-7-8-12(14(17)20)15(18-10)19(2)9-11-5-3-4-6-13(11)16/h3-8H,9H2,1-2H3,(H2,17,20). The number of rotatable bonds is 4. The highest BCUT2D eigenvalue weighted by Gasteiger charge is 2.13. The second kappa shape index (κ2) is 6.20. The molecule has 3 nitrogen and oxygen atoms in total. The molecular formula is C15H16ClN3S. The zero-order valence-corrected chi connectivity index (χ0v) is 13.0. The molecule has 1 aromatic heterocycles. The zero-order valence-electron chi connectivity index (χ0n) is 11.4. The number of nitrogens with zero attached hydrogens (tertiary/aromatic N) is 2.